The van der Waals surface area contributed by atoms with Crippen molar-refractivity contribution in [2.75, 3.05) is 19.0 Å². The lowest BCUT2D eigenvalue weighted by Crippen LogP contribution is -2.26. The second-order valence-corrected chi connectivity index (χ2v) is 5.83. The molecule has 1 aromatic carbocycles. The molecule has 8 nitrogen and oxygen atoms in total. The van der Waals surface area contributed by atoms with E-state index in [-0.39, 0.29) is 11.4 Å². The molecule has 9 heteroatoms. The zero-order valence-corrected chi connectivity index (χ0v) is 14.4. The SMILES string of the molecule is COC(=O)c1ccc(NC(=O)COC(=O)Cn2c(C)csc2=O)cc1. The fourth-order valence-corrected chi connectivity index (χ4v) is 2.66. The molecule has 2 rings (SSSR count). The average molecular weight is 364 g/mol. The maximum absolute atomic E-state index is 11.8. The first-order valence-corrected chi connectivity index (χ1v) is 8.07. The molecule has 0 unspecified atom stereocenters. The predicted octanol–water partition coefficient (Wildman–Crippen LogP) is 1.19. The minimum absolute atomic E-state index is 0.241. The Kier molecular flexibility index (Phi) is 6.07. The van der Waals surface area contributed by atoms with Crippen molar-refractivity contribution in [2.24, 2.45) is 0 Å². The smallest absolute Gasteiger partial charge is 0.337 e. The first-order chi connectivity index (χ1) is 11.9. The summed E-state index contributed by atoms with van der Waals surface area (Å²) in [4.78, 5) is 46.1. The number of hydrogen-bond acceptors (Lipinski definition) is 7. The molecule has 0 bridgehead atoms. The van der Waals surface area contributed by atoms with Crippen molar-refractivity contribution >= 4 is 34.9 Å². The van der Waals surface area contributed by atoms with Gasteiger partial charge in [-0.1, -0.05) is 11.3 Å². The highest BCUT2D eigenvalue weighted by atomic mass is 32.1. The van der Waals surface area contributed by atoms with Crippen LogP contribution in [0.4, 0.5) is 5.69 Å². The number of nitrogens with one attached hydrogen (secondary N) is 1. The van der Waals surface area contributed by atoms with Crippen LogP contribution in [0, 0.1) is 6.92 Å². The highest BCUT2D eigenvalue weighted by Crippen LogP contribution is 2.10. The van der Waals surface area contributed by atoms with Gasteiger partial charge in [-0.05, 0) is 31.2 Å². The van der Waals surface area contributed by atoms with Gasteiger partial charge in [0.1, 0.15) is 6.54 Å². The van der Waals surface area contributed by atoms with E-state index in [1.807, 2.05) is 0 Å². The third-order valence-corrected chi connectivity index (χ3v) is 4.10. The molecular formula is C16H16N2O6S. The van der Waals surface area contributed by atoms with Crippen molar-refractivity contribution in [3.05, 3.63) is 50.6 Å². The molecule has 0 fully saturated rings. The molecule has 0 aliphatic heterocycles. The summed E-state index contributed by atoms with van der Waals surface area (Å²) in [5, 5.41) is 4.17. The lowest BCUT2D eigenvalue weighted by atomic mass is 10.2. The van der Waals surface area contributed by atoms with Gasteiger partial charge in [-0.3, -0.25) is 19.0 Å². The summed E-state index contributed by atoms with van der Waals surface area (Å²) in [7, 11) is 1.28. The summed E-state index contributed by atoms with van der Waals surface area (Å²) in [6.45, 7) is 0.987. The summed E-state index contributed by atoms with van der Waals surface area (Å²) in [6.07, 6.45) is 0. The van der Waals surface area contributed by atoms with Crippen LogP contribution in [0.5, 0.6) is 0 Å². The molecular weight excluding hydrogens is 348 g/mol. The van der Waals surface area contributed by atoms with E-state index in [9.17, 15) is 19.2 Å². The molecule has 1 N–H and O–H groups in total. The van der Waals surface area contributed by atoms with Crippen LogP contribution >= 0.6 is 11.3 Å². The number of thiazole rings is 1. The standard InChI is InChI=1S/C16H16N2O6S/c1-10-9-25-16(22)18(10)7-14(20)24-8-13(19)17-12-5-3-11(4-6-12)15(21)23-2/h3-6,9H,7-8H2,1-2H3,(H,17,19). The van der Waals surface area contributed by atoms with Gasteiger partial charge in [-0.15, -0.1) is 0 Å². The lowest BCUT2D eigenvalue weighted by molar-refractivity contribution is -0.147. The highest BCUT2D eigenvalue weighted by molar-refractivity contribution is 7.07. The van der Waals surface area contributed by atoms with Gasteiger partial charge in [0, 0.05) is 16.8 Å². The number of rotatable bonds is 6. The second kappa shape index (κ2) is 8.25. The number of esters is 2. The summed E-state index contributed by atoms with van der Waals surface area (Å²) in [5.74, 6) is -1.70. The molecule has 0 saturated heterocycles. The zero-order chi connectivity index (χ0) is 18.4. The van der Waals surface area contributed by atoms with E-state index in [0.29, 0.717) is 16.9 Å². The van der Waals surface area contributed by atoms with Crippen LogP contribution in [0.15, 0.2) is 34.4 Å². The largest absolute Gasteiger partial charge is 0.465 e. The lowest BCUT2D eigenvalue weighted by Gasteiger charge is -2.08. The number of anilines is 1. The Morgan fingerprint density at radius 3 is 2.44 bits per heavy atom. The minimum Gasteiger partial charge on any atom is -0.465 e. The van der Waals surface area contributed by atoms with Gasteiger partial charge >= 0.3 is 16.8 Å². The molecule has 2 aromatic rings. The number of amides is 1. The monoisotopic (exact) mass is 364 g/mol. The average Bonchev–Trinajstić information content (AvgIpc) is 2.92. The van der Waals surface area contributed by atoms with Crippen LogP contribution in [0.1, 0.15) is 16.1 Å². The Morgan fingerprint density at radius 2 is 1.88 bits per heavy atom. The van der Waals surface area contributed by atoms with Gasteiger partial charge in [-0.2, -0.15) is 0 Å². The molecule has 25 heavy (non-hydrogen) atoms. The molecule has 132 valence electrons. The first-order valence-electron chi connectivity index (χ1n) is 7.19. The Morgan fingerprint density at radius 1 is 1.20 bits per heavy atom. The quantitative estimate of drug-likeness (QED) is 0.772. The Balaban J connectivity index is 1.83. The van der Waals surface area contributed by atoms with Crippen LogP contribution in [-0.4, -0.2) is 36.1 Å². The fourth-order valence-electron chi connectivity index (χ4n) is 1.92. The zero-order valence-electron chi connectivity index (χ0n) is 13.6. The molecule has 1 aromatic heterocycles. The number of carbonyl (C=O) groups excluding carboxylic acids is 3. The molecule has 0 aliphatic rings. The van der Waals surface area contributed by atoms with Crippen molar-refractivity contribution in [2.45, 2.75) is 13.5 Å². The number of methoxy groups -OCH3 is 1. The first kappa shape index (κ1) is 18.4. The summed E-state index contributed by atoms with van der Waals surface area (Å²) in [6, 6.07) is 6.05. The highest BCUT2D eigenvalue weighted by Gasteiger charge is 2.12. The number of aryl methyl sites for hydroxylation is 1. The van der Waals surface area contributed by atoms with Crippen LogP contribution in [0.3, 0.4) is 0 Å². The van der Waals surface area contributed by atoms with Gasteiger partial charge in [-0.25, -0.2) is 4.79 Å². The normalized spacial score (nSPS) is 10.2. The Hall–Kier alpha value is -2.94. The van der Waals surface area contributed by atoms with Crippen LogP contribution in [-0.2, 0) is 25.6 Å². The molecule has 0 atom stereocenters. The minimum atomic E-state index is -0.681. The number of hydrogen-bond donors (Lipinski definition) is 1. The van der Waals surface area contributed by atoms with E-state index in [4.69, 9.17) is 4.74 Å². The maximum atomic E-state index is 11.8. The third kappa shape index (κ3) is 5.01. The number of nitrogens with zero attached hydrogens (tertiary/aromatic N) is 1. The summed E-state index contributed by atoms with van der Waals surface area (Å²) >= 11 is 0.991. The fraction of sp³-hybridized carbons (Fsp3) is 0.250. The summed E-state index contributed by atoms with van der Waals surface area (Å²) in [5.41, 5.74) is 1.45. The molecule has 0 spiro atoms. The number of carbonyl (C=O) groups is 3. The van der Waals surface area contributed by atoms with Crippen molar-refractivity contribution in [3.8, 4) is 0 Å². The molecule has 0 saturated carbocycles. The van der Waals surface area contributed by atoms with E-state index in [1.54, 1.807) is 12.3 Å². The number of ether oxygens (including phenoxy) is 2. The van der Waals surface area contributed by atoms with Gasteiger partial charge in [0.05, 0.1) is 12.7 Å². The van der Waals surface area contributed by atoms with E-state index in [2.05, 4.69) is 10.1 Å². The van der Waals surface area contributed by atoms with Crippen LogP contribution < -0.4 is 10.2 Å². The van der Waals surface area contributed by atoms with Gasteiger partial charge in [0.25, 0.3) is 5.91 Å². The predicted molar refractivity (Wildman–Crippen MR) is 90.7 cm³/mol. The van der Waals surface area contributed by atoms with Crippen molar-refractivity contribution < 1.29 is 23.9 Å². The maximum Gasteiger partial charge on any atom is 0.337 e. The molecule has 1 heterocycles. The van der Waals surface area contributed by atoms with Gasteiger partial charge < -0.3 is 14.8 Å². The Labute approximate surface area is 147 Å². The van der Waals surface area contributed by atoms with E-state index in [0.717, 1.165) is 11.3 Å². The van der Waals surface area contributed by atoms with Crippen LogP contribution in [0.2, 0.25) is 0 Å². The van der Waals surface area contributed by atoms with Crippen LogP contribution in [0.25, 0.3) is 0 Å². The van der Waals surface area contributed by atoms with Crippen molar-refractivity contribution in [3.63, 3.8) is 0 Å². The van der Waals surface area contributed by atoms with E-state index < -0.39 is 24.5 Å². The molecule has 1 amide bonds. The Bertz CT molecular complexity index is 837. The number of aromatic nitrogens is 1. The molecule has 0 radical (unpaired) electrons. The second-order valence-electron chi connectivity index (χ2n) is 5.01. The topological polar surface area (TPSA) is 104 Å². The van der Waals surface area contributed by atoms with Gasteiger partial charge in [0.2, 0.25) is 0 Å². The van der Waals surface area contributed by atoms with Crippen molar-refractivity contribution in [1.82, 2.24) is 4.57 Å². The van der Waals surface area contributed by atoms with Crippen molar-refractivity contribution in [1.29, 1.82) is 0 Å². The third-order valence-electron chi connectivity index (χ3n) is 3.22. The number of benzene rings is 1. The van der Waals surface area contributed by atoms with E-state index >= 15 is 0 Å². The van der Waals surface area contributed by atoms with E-state index in [1.165, 1.54) is 35.9 Å². The summed E-state index contributed by atoms with van der Waals surface area (Å²) < 4.78 is 10.7. The van der Waals surface area contributed by atoms with Gasteiger partial charge in [0.15, 0.2) is 6.61 Å². The molecule has 0 aliphatic carbocycles.